The first-order valence-corrected chi connectivity index (χ1v) is 10.5. The Kier molecular flexibility index (Phi) is 6.38. The van der Waals surface area contributed by atoms with Crippen LogP contribution in [0.5, 0.6) is 0 Å². The molecule has 1 N–H and O–H groups in total. The first-order valence-electron chi connectivity index (χ1n) is 10.5. The average molecular weight is 415 g/mol. The maximum Gasteiger partial charge on any atom is 0.257 e. The molecule has 0 radical (unpaired) electrons. The maximum absolute atomic E-state index is 13.2. The van der Waals surface area contributed by atoms with E-state index in [1.165, 1.54) is 11.8 Å². The number of anilines is 1. The monoisotopic (exact) mass is 414 g/mol. The Balaban J connectivity index is 1.39. The molecule has 0 aliphatic carbocycles. The van der Waals surface area contributed by atoms with Crippen LogP contribution in [0.2, 0.25) is 0 Å². The molecule has 4 rings (SSSR count). The Morgan fingerprint density at radius 1 is 1.00 bits per heavy atom. The number of benzene rings is 2. The third-order valence-corrected chi connectivity index (χ3v) is 5.51. The first kappa shape index (κ1) is 20.8. The van der Waals surface area contributed by atoms with E-state index < -0.39 is 0 Å². The molecule has 0 saturated carbocycles. The summed E-state index contributed by atoms with van der Waals surface area (Å²) in [5.41, 5.74) is 2.93. The number of nitrogens with one attached hydrogen (secondary N) is 1. The van der Waals surface area contributed by atoms with Gasteiger partial charge in [0.25, 0.3) is 11.8 Å². The first-order chi connectivity index (χ1) is 15.1. The summed E-state index contributed by atoms with van der Waals surface area (Å²) in [7, 11) is 0. The standard InChI is InChI=1S/C25H26N4O2/c1-19-17-28(18-20-7-3-2-4-8-20)13-14-29(19)25(31)21-9-5-11-23(15-21)27-24(30)22-10-6-12-26-16-22/h2-12,15-16,19H,13-14,17-18H2,1H3,(H,27,30). The minimum Gasteiger partial charge on any atom is -0.333 e. The van der Waals surface area contributed by atoms with Crippen molar-refractivity contribution in [2.75, 3.05) is 25.0 Å². The summed E-state index contributed by atoms with van der Waals surface area (Å²) in [6, 6.07) is 21.0. The van der Waals surface area contributed by atoms with Gasteiger partial charge in [0.15, 0.2) is 0 Å². The summed E-state index contributed by atoms with van der Waals surface area (Å²) >= 11 is 0. The van der Waals surface area contributed by atoms with E-state index in [-0.39, 0.29) is 17.9 Å². The number of amides is 2. The van der Waals surface area contributed by atoms with Gasteiger partial charge in [-0.1, -0.05) is 36.4 Å². The van der Waals surface area contributed by atoms with Gasteiger partial charge in [0, 0.05) is 55.9 Å². The SMILES string of the molecule is CC1CN(Cc2ccccc2)CCN1C(=O)c1cccc(NC(=O)c2cccnc2)c1. The van der Waals surface area contributed by atoms with Gasteiger partial charge in [0.1, 0.15) is 0 Å². The molecule has 1 atom stereocenters. The molecule has 2 heterocycles. The van der Waals surface area contributed by atoms with Crippen LogP contribution in [0.15, 0.2) is 79.1 Å². The van der Waals surface area contributed by atoms with Gasteiger partial charge in [0.2, 0.25) is 0 Å². The lowest BCUT2D eigenvalue weighted by Crippen LogP contribution is -2.53. The second-order valence-corrected chi connectivity index (χ2v) is 7.84. The molecule has 158 valence electrons. The van der Waals surface area contributed by atoms with E-state index in [1.807, 2.05) is 11.0 Å². The third kappa shape index (κ3) is 5.16. The van der Waals surface area contributed by atoms with Crippen LogP contribution in [0.3, 0.4) is 0 Å². The summed E-state index contributed by atoms with van der Waals surface area (Å²) < 4.78 is 0. The highest BCUT2D eigenvalue weighted by Gasteiger charge is 2.28. The molecule has 0 spiro atoms. The predicted octanol–water partition coefficient (Wildman–Crippen LogP) is 3.68. The van der Waals surface area contributed by atoms with Crippen molar-refractivity contribution in [1.29, 1.82) is 0 Å². The van der Waals surface area contributed by atoms with Crippen molar-refractivity contribution in [2.45, 2.75) is 19.5 Å². The van der Waals surface area contributed by atoms with Gasteiger partial charge in [0.05, 0.1) is 5.56 Å². The van der Waals surface area contributed by atoms with Crippen LogP contribution in [-0.2, 0) is 6.54 Å². The number of hydrogen-bond donors (Lipinski definition) is 1. The smallest absolute Gasteiger partial charge is 0.257 e. The molecule has 1 aromatic heterocycles. The number of nitrogens with zero attached hydrogens (tertiary/aromatic N) is 3. The van der Waals surface area contributed by atoms with Gasteiger partial charge in [-0.3, -0.25) is 19.5 Å². The van der Waals surface area contributed by atoms with Crippen molar-refractivity contribution >= 4 is 17.5 Å². The quantitative estimate of drug-likeness (QED) is 0.692. The van der Waals surface area contributed by atoms with Gasteiger partial charge >= 0.3 is 0 Å². The van der Waals surface area contributed by atoms with Crippen LogP contribution < -0.4 is 5.32 Å². The lowest BCUT2D eigenvalue weighted by molar-refractivity contribution is 0.0475. The van der Waals surface area contributed by atoms with Crippen LogP contribution >= 0.6 is 0 Å². The molecular formula is C25H26N4O2. The molecule has 0 bridgehead atoms. The van der Waals surface area contributed by atoms with E-state index >= 15 is 0 Å². The summed E-state index contributed by atoms with van der Waals surface area (Å²) in [6.07, 6.45) is 3.14. The van der Waals surface area contributed by atoms with Crippen molar-refractivity contribution in [2.24, 2.45) is 0 Å². The molecule has 31 heavy (non-hydrogen) atoms. The Hall–Kier alpha value is -3.51. The number of piperazine rings is 1. The fraction of sp³-hybridized carbons (Fsp3) is 0.240. The second-order valence-electron chi connectivity index (χ2n) is 7.84. The van der Waals surface area contributed by atoms with Crippen LogP contribution in [0, 0.1) is 0 Å². The molecule has 6 nitrogen and oxygen atoms in total. The minimum absolute atomic E-state index is 0.00987. The highest BCUT2D eigenvalue weighted by molar-refractivity contribution is 6.05. The number of carbonyl (C=O) groups is 2. The van der Waals surface area contributed by atoms with E-state index in [9.17, 15) is 9.59 Å². The van der Waals surface area contributed by atoms with Crippen molar-refractivity contribution < 1.29 is 9.59 Å². The summed E-state index contributed by atoms with van der Waals surface area (Å²) in [5, 5.41) is 2.84. The van der Waals surface area contributed by atoms with Crippen molar-refractivity contribution in [1.82, 2.24) is 14.8 Å². The highest BCUT2D eigenvalue weighted by atomic mass is 16.2. The van der Waals surface area contributed by atoms with Crippen LogP contribution in [0.4, 0.5) is 5.69 Å². The highest BCUT2D eigenvalue weighted by Crippen LogP contribution is 2.19. The summed E-state index contributed by atoms with van der Waals surface area (Å²) in [5.74, 6) is -0.259. The Morgan fingerprint density at radius 3 is 2.55 bits per heavy atom. The van der Waals surface area contributed by atoms with Gasteiger partial charge < -0.3 is 10.2 Å². The molecule has 2 amide bonds. The third-order valence-electron chi connectivity index (χ3n) is 5.51. The van der Waals surface area contributed by atoms with Crippen LogP contribution in [-0.4, -0.2) is 52.3 Å². The molecule has 3 aromatic rings. The molecule has 1 saturated heterocycles. The lowest BCUT2D eigenvalue weighted by Gasteiger charge is -2.40. The number of pyridine rings is 1. The van der Waals surface area contributed by atoms with E-state index in [2.05, 4.69) is 46.4 Å². The Labute approximate surface area is 182 Å². The Morgan fingerprint density at radius 2 is 1.81 bits per heavy atom. The predicted molar refractivity (Wildman–Crippen MR) is 121 cm³/mol. The average Bonchev–Trinajstić information content (AvgIpc) is 2.80. The molecular weight excluding hydrogens is 388 g/mol. The number of hydrogen-bond acceptors (Lipinski definition) is 4. The summed E-state index contributed by atoms with van der Waals surface area (Å²) in [6.45, 7) is 5.33. The largest absolute Gasteiger partial charge is 0.333 e. The van der Waals surface area contributed by atoms with Crippen LogP contribution in [0.1, 0.15) is 33.2 Å². The minimum atomic E-state index is -0.249. The molecule has 6 heteroatoms. The molecule has 1 aliphatic rings. The zero-order valence-corrected chi connectivity index (χ0v) is 17.6. The van der Waals surface area contributed by atoms with Gasteiger partial charge in [-0.15, -0.1) is 0 Å². The summed E-state index contributed by atoms with van der Waals surface area (Å²) in [4.78, 5) is 33.8. The second kappa shape index (κ2) is 9.53. The fourth-order valence-electron chi connectivity index (χ4n) is 3.92. The zero-order chi connectivity index (χ0) is 21.6. The lowest BCUT2D eigenvalue weighted by atomic mass is 10.1. The van der Waals surface area contributed by atoms with Crippen molar-refractivity contribution in [3.05, 3.63) is 95.8 Å². The maximum atomic E-state index is 13.2. The van der Waals surface area contributed by atoms with Gasteiger partial charge in [-0.2, -0.15) is 0 Å². The van der Waals surface area contributed by atoms with E-state index in [1.54, 1.807) is 42.6 Å². The molecule has 2 aromatic carbocycles. The molecule has 1 fully saturated rings. The van der Waals surface area contributed by atoms with E-state index in [0.29, 0.717) is 23.4 Å². The van der Waals surface area contributed by atoms with E-state index in [4.69, 9.17) is 0 Å². The number of rotatable bonds is 5. The number of carbonyl (C=O) groups excluding carboxylic acids is 2. The zero-order valence-electron chi connectivity index (χ0n) is 17.6. The normalized spacial score (nSPS) is 16.7. The van der Waals surface area contributed by atoms with Gasteiger partial charge in [-0.25, -0.2) is 0 Å². The van der Waals surface area contributed by atoms with Crippen molar-refractivity contribution in [3.8, 4) is 0 Å². The van der Waals surface area contributed by atoms with Crippen LogP contribution in [0.25, 0.3) is 0 Å². The van der Waals surface area contributed by atoms with E-state index in [0.717, 1.165) is 19.6 Å². The number of aromatic nitrogens is 1. The van der Waals surface area contributed by atoms with Crippen molar-refractivity contribution in [3.63, 3.8) is 0 Å². The Bertz CT molecular complexity index is 1040. The topological polar surface area (TPSA) is 65.5 Å². The van der Waals surface area contributed by atoms with Gasteiger partial charge in [-0.05, 0) is 42.8 Å². The molecule has 1 unspecified atom stereocenters. The fourth-order valence-corrected chi connectivity index (χ4v) is 3.92. The molecule has 1 aliphatic heterocycles.